The summed E-state index contributed by atoms with van der Waals surface area (Å²) in [6, 6.07) is 14.6. The van der Waals surface area contributed by atoms with Gasteiger partial charge in [0.1, 0.15) is 5.75 Å². The van der Waals surface area contributed by atoms with Crippen molar-refractivity contribution in [3.63, 3.8) is 0 Å². The second-order valence-electron chi connectivity index (χ2n) is 6.72. The van der Waals surface area contributed by atoms with Crippen molar-refractivity contribution >= 4 is 17.5 Å². The molecule has 1 atom stereocenters. The van der Waals surface area contributed by atoms with E-state index in [-0.39, 0.29) is 24.5 Å². The van der Waals surface area contributed by atoms with E-state index in [4.69, 9.17) is 9.47 Å². The van der Waals surface area contributed by atoms with Gasteiger partial charge in [-0.25, -0.2) is 0 Å². The Bertz CT molecular complexity index is 798. The molecule has 2 aromatic rings. The van der Waals surface area contributed by atoms with Gasteiger partial charge < -0.3 is 20.1 Å². The van der Waals surface area contributed by atoms with E-state index in [0.29, 0.717) is 23.5 Å². The van der Waals surface area contributed by atoms with Crippen molar-refractivity contribution in [3.05, 3.63) is 59.7 Å². The normalized spacial score (nSPS) is 15.8. The number of anilines is 1. The Morgan fingerprint density at radius 1 is 1.14 bits per heavy atom. The monoisotopic (exact) mass is 382 g/mol. The van der Waals surface area contributed by atoms with Crippen LogP contribution in [0.2, 0.25) is 0 Å². The molecule has 3 rings (SSSR count). The summed E-state index contributed by atoms with van der Waals surface area (Å²) in [7, 11) is 0. The van der Waals surface area contributed by atoms with Crippen LogP contribution in [0.3, 0.4) is 0 Å². The molecule has 1 unspecified atom stereocenters. The van der Waals surface area contributed by atoms with Gasteiger partial charge in [0, 0.05) is 13.2 Å². The SMILES string of the molecule is CCc1ccc(OCC(=O)Nc2ccccc2C(=O)NCC2CCCO2)cc1. The van der Waals surface area contributed by atoms with Gasteiger partial charge in [-0.15, -0.1) is 0 Å². The molecule has 1 saturated heterocycles. The van der Waals surface area contributed by atoms with Crippen molar-refractivity contribution in [3.8, 4) is 5.75 Å². The fourth-order valence-corrected chi connectivity index (χ4v) is 3.05. The average Bonchev–Trinajstić information content (AvgIpc) is 3.25. The average molecular weight is 382 g/mol. The molecule has 0 spiro atoms. The number of carbonyl (C=O) groups is 2. The van der Waals surface area contributed by atoms with Crippen LogP contribution in [0.25, 0.3) is 0 Å². The van der Waals surface area contributed by atoms with E-state index in [9.17, 15) is 9.59 Å². The first-order chi connectivity index (χ1) is 13.7. The molecule has 6 heteroatoms. The molecular weight excluding hydrogens is 356 g/mol. The Morgan fingerprint density at radius 3 is 2.64 bits per heavy atom. The fraction of sp³-hybridized carbons (Fsp3) is 0.364. The predicted molar refractivity (Wildman–Crippen MR) is 108 cm³/mol. The van der Waals surface area contributed by atoms with Gasteiger partial charge in [-0.2, -0.15) is 0 Å². The zero-order chi connectivity index (χ0) is 19.8. The molecule has 1 fully saturated rings. The van der Waals surface area contributed by atoms with Gasteiger partial charge in [0.2, 0.25) is 0 Å². The second-order valence-corrected chi connectivity index (χ2v) is 6.72. The van der Waals surface area contributed by atoms with Crippen LogP contribution in [-0.2, 0) is 16.0 Å². The number of rotatable bonds is 8. The van der Waals surface area contributed by atoms with E-state index >= 15 is 0 Å². The van der Waals surface area contributed by atoms with Gasteiger partial charge in [0.15, 0.2) is 6.61 Å². The van der Waals surface area contributed by atoms with Crippen LogP contribution in [0.5, 0.6) is 5.75 Å². The van der Waals surface area contributed by atoms with Crippen molar-refractivity contribution in [2.75, 3.05) is 25.1 Å². The Labute approximate surface area is 165 Å². The topological polar surface area (TPSA) is 76.7 Å². The van der Waals surface area contributed by atoms with E-state index < -0.39 is 0 Å². The van der Waals surface area contributed by atoms with Gasteiger partial charge in [-0.05, 0) is 49.1 Å². The van der Waals surface area contributed by atoms with Crippen molar-refractivity contribution in [1.82, 2.24) is 5.32 Å². The van der Waals surface area contributed by atoms with Crippen molar-refractivity contribution in [1.29, 1.82) is 0 Å². The number of aryl methyl sites for hydroxylation is 1. The summed E-state index contributed by atoms with van der Waals surface area (Å²) in [6.45, 7) is 3.17. The van der Waals surface area contributed by atoms with Crippen LogP contribution in [0, 0.1) is 0 Å². The lowest BCUT2D eigenvalue weighted by molar-refractivity contribution is -0.118. The lowest BCUT2D eigenvalue weighted by atomic mass is 10.1. The van der Waals surface area contributed by atoms with Crippen LogP contribution >= 0.6 is 0 Å². The highest BCUT2D eigenvalue weighted by Crippen LogP contribution is 2.17. The molecule has 1 heterocycles. The summed E-state index contributed by atoms with van der Waals surface area (Å²) in [5.41, 5.74) is 2.09. The zero-order valence-corrected chi connectivity index (χ0v) is 16.1. The highest BCUT2D eigenvalue weighted by Gasteiger charge is 2.18. The molecular formula is C22H26N2O4. The highest BCUT2D eigenvalue weighted by molar-refractivity contribution is 6.04. The number of nitrogens with one attached hydrogen (secondary N) is 2. The van der Waals surface area contributed by atoms with Gasteiger partial charge in [0.05, 0.1) is 17.4 Å². The Balaban J connectivity index is 1.54. The number of benzene rings is 2. The number of hydrogen-bond acceptors (Lipinski definition) is 4. The standard InChI is InChI=1S/C22H26N2O4/c1-2-16-9-11-17(12-10-16)28-15-21(25)24-20-8-4-3-7-19(20)22(26)23-14-18-6-5-13-27-18/h3-4,7-12,18H,2,5-6,13-15H2,1H3,(H,23,26)(H,24,25). The first kappa shape index (κ1) is 19.9. The minimum absolute atomic E-state index is 0.0678. The molecule has 148 valence electrons. The minimum Gasteiger partial charge on any atom is -0.484 e. The lowest BCUT2D eigenvalue weighted by Gasteiger charge is -2.14. The first-order valence-corrected chi connectivity index (χ1v) is 9.66. The van der Waals surface area contributed by atoms with Crippen molar-refractivity contribution < 1.29 is 19.1 Å². The van der Waals surface area contributed by atoms with Gasteiger partial charge in [-0.1, -0.05) is 31.2 Å². The molecule has 28 heavy (non-hydrogen) atoms. The summed E-state index contributed by atoms with van der Waals surface area (Å²) in [6.07, 6.45) is 2.99. The molecule has 2 aromatic carbocycles. The van der Waals surface area contributed by atoms with E-state index in [0.717, 1.165) is 25.9 Å². The predicted octanol–water partition coefficient (Wildman–Crippen LogP) is 3.18. The molecule has 1 aliphatic rings. The summed E-state index contributed by atoms with van der Waals surface area (Å²) in [5, 5.41) is 5.63. The quantitative estimate of drug-likeness (QED) is 0.735. The maximum absolute atomic E-state index is 12.5. The van der Waals surface area contributed by atoms with E-state index in [1.807, 2.05) is 24.3 Å². The van der Waals surface area contributed by atoms with Crippen molar-refractivity contribution in [2.24, 2.45) is 0 Å². The molecule has 2 N–H and O–H groups in total. The number of amides is 2. The van der Waals surface area contributed by atoms with Gasteiger partial charge in [0.25, 0.3) is 11.8 Å². The molecule has 0 radical (unpaired) electrons. The highest BCUT2D eigenvalue weighted by atomic mass is 16.5. The molecule has 6 nitrogen and oxygen atoms in total. The van der Waals surface area contributed by atoms with Crippen LogP contribution < -0.4 is 15.4 Å². The first-order valence-electron chi connectivity index (χ1n) is 9.66. The number of ether oxygens (including phenoxy) is 2. The Hall–Kier alpha value is -2.86. The summed E-state index contributed by atoms with van der Waals surface area (Å²) in [5.74, 6) is 0.0800. The van der Waals surface area contributed by atoms with Crippen LogP contribution in [0.15, 0.2) is 48.5 Å². The van der Waals surface area contributed by atoms with E-state index in [2.05, 4.69) is 17.6 Å². The third kappa shape index (κ3) is 5.57. The van der Waals surface area contributed by atoms with Gasteiger partial charge in [-0.3, -0.25) is 9.59 Å². The molecule has 0 saturated carbocycles. The number of para-hydroxylation sites is 1. The molecule has 0 aliphatic carbocycles. The third-order valence-corrected chi connectivity index (χ3v) is 4.66. The number of hydrogen-bond donors (Lipinski definition) is 2. The number of carbonyl (C=O) groups excluding carboxylic acids is 2. The maximum atomic E-state index is 12.5. The van der Waals surface area contributed by atoms with Crippen molar-refractivity contribution in [2.45, 2.75) is 32.3 Å². The summed E-state index contributed by atoms with van der Waals surface area (Å²) >= 11 is 0. The Morgan fingerprint density at radius 2 is 1.93 bits per heavy atom. The largest absolute Gasteiger partial charge is 0.484 e. The maximum Gasteiger partial charge on any atom is 0.262 e. The van der Waals surface area contributed by atoms with Gasteiger partial charge >= 0.3 is 0 Å². The molecule has 0 bridgehead atoms. The summed E-state index contributed by atoms with van der Waals surface area (Å²) < 4.78 is 11.0. The second kappa shape index (κ2) is 9.90. The third-order valence-electron chi connectivity index (χ3n) is 4.66. The molecule has 0 aromatic heterocycles. The van der Waals surface area contributed by atoms with Crippen LogP contribution in [-0.4, -0.2) is 37.7 Å². The summed E-state index contributed by atoms with van der Waals surface area (Å²) in [4.78, 5) is 24.8. The van der Waals surface area contributed by atoms with E-state index in [1.54, 1.807) is 24.3 Å². The molecule has 2 amide bonds. The molecule has 1 aliphatic heterocycles. The smallest absolute Gasteiger partial charge is 0.262 e. The fourth-order valence-electron chi connectivity index (χ4n) is 3.05. The zero-order valence-electron chi connectivity index (χ0n) is 16.1. The Kier molecular flexibility index (Phi) is 7.03. The lowest BCUT2D eigenvalue weighted by Crippen LogP contribution is -2.32. The van der Waals surface area contributed by atoms with Crippen LogP contribution in [0.4, 0.5) is 5.69 Å². The van der Waals surface area contributed by atoms with Crippen LogP contribution in [0.1, 0.15) is 35.7 Å². The minimum atomic E-state index is -0.320. The van der Waals surface area contributed by atoms with E-state index in [1.165, 1.54) is 5.56 Å².